The Bertz CT molecular complexity index is 524. The van der Waals surface area contributed by atoms with Crippen LogP contribution in [0.5, 0.6) is 0 Å². The molecule has 19 heavy (non-hydrogen) atoms. The zero-order valence-corrected chi connectivity index (χ0v) is 10.4. The second-order valence-corrected chi connectivity index (χ2v) is 5.21. The molecule has 104 valence electrons. The lowest BCUT2D eigenvalue weighted by Crippen LogP contribution is -2.29. The normalized spacial score (nSPS) is 26.5. The van der Waals surface area contributed by atoms with E-state index in [0.29, 0.717) is 0 Å². The molecule has 2 atom stereocenters. The molecule has 1 aromatic rings. The number of fused-ring (bicyclic) bond motifs is 1. The van der Waals surface area contributed by atoms with Gasteiger partial charge in [0.1, 0.15) is 6.04 Å². The standard InChI is InChI=1S/C12H14F3N3O/c1-2-12(14,15)8-5-7(13)11-16-10(17-18(8)11)9(19)6-3-4-6/h6-8H,2-5H2,1H3. The average Bonchev–Trinajstić information content (AvgIpc) is 3.05. The molecule has 0 N–H and O–H groups in total. The van der Waals surface area contributed by atoms with Crippen molar-refractivity contribution in [1.29, 1.82) is 0 Å². The van der Waals surface area contributed by atoms with Crippen molar-refractivity contribution in [3.63, 3.8) is 0 Å². The highest BCUT2D eigenvalue weighted by Gasteiger charge is 2.49. The molecule has 7 heteroatoms. The van der Waals surface area contributed by atoms with E-state index in [1.807, 2.05) is 0 Å². The van der Waals surface area contributed by atoms with Crippen molar-refractivity contribution in [3.8, 4) is 0 Å². The number of hydrogen-bond donors (Lipinski definition) is 0. The van der Waals surface area contributed by atoms with Crippen molar-refractivity contribution in [2.24, 2.45) is 5.92 Å². The molecule has 2 unspecified atom stereocenters. The van der Waals surface area contributed by atoms with Crippen molar-refractivity contribution < 1.29 is 18.0 Å². The van der Waals surface area contributed by atoms with Gasteiger partial charge in [-0.2, -0.15) is 0 Å². The van der Waals surface area contributed by atoms with Crippen LogP contribution in [0.25, 0.3) is 0 Å². The van der Waals surface area contributed by atoms with E-state index in [2.05, 4.69) is 10.1 Å². The fraction of sp³-hybridized carbons (Fsp3) is 0.750. The average molecular weight is 273 g/mol. The number of halogens is 3. The second kappa shape index (κ2) is 4.05. The Labute approximate surface area is 108 Å². The van der Waals surface area contributed by atoms with Crippen molar-refractivity contribution in [1.82, 2.24) is 14.8 Å². The highest BCUT2D eigenvalue weighted by Crippen LogP contribution is 2.45. The van der Waals surface area contributed by atoms with E-state index in [4.69, 9.17) is 0 Å². The molecule has 1 aliphatic heterocycles. The van der Waals surface area contributed by atoms with Gasteiger partial charge in [0.25, 0.3) is 5.92 Å². The van der Waals surface area contributed by atoms with Crippen molar-refractivity contribution in [2.45, 2.75) is 50.7 Å². The monoisotopic (exact) mass is 273 g/mol. The van der Waals surface area contributed by atoms with Gasteiger partial charge in [0.2, 0.25) is 11.6 Å². The van der Waals surface area contributed by atoms with Crippen LogP contribution < -0.4 is 0 Å². The summed E-state index contributed by atoms with van der Waals surface area (Å²) in [6.07, 6.45) is -0.744. The molecule has 1 aliphatic carbocycles. The number of aromatic nitrogens is 3. The van der Waals surface area contributed by atoms with Crippen LogP contribution in [0.4, 0.5) is 13.2 Å². The van der Waals surface area contributed by atoms with Gasteiger partial charge in [-0.3, -0.25) is 4.79 Å². The number of alkyl halides is 3. The molecule has 1 fully saturated rings. The van der Waals surface area contributed by atoms with E-state index in [1.54, 1.807) is 0 Å². The van der Waals surface area contributed by atoms with Crippen molar-refractivity contribution in [2.75, 3.05) is 0 Å². The van der Waals surface area contributed by atoms with E-state index >= 15 is 0 Å². The van der Waals surface area contributed by atoms with Gasteiger partial charge in [-0.1, -0.05) is 6.92 Å². The molecule has 2 aliphatic rings. The molecule has 0 spiro atoms. The fourth-order valence-corrected chi connectivity index (χ4v) is 2.40. The van der Waals surface area contributed by atoms with Crippen LogP contribution >= 0.6 is 0 Å². The molecule has 2 heterocycles. The first kappa shape index (κ1) is 12.6. The van der Waals surface area contributed by atoms with Crippen molar-refractivity contribution >= 4 is 5.78 Å². The summed E-state index contributed by atoms with van der Waals surface area (Å²) in [6.45, 7) is 1.35. The maximum absolute atomic E-state index is 13.8. The highest BCUT2D eigenvalue weighted by atomic mass is 19.3. The van der Waals surface area contributed by atoms with Crippen molar-refractivity contribution in [3.05, 3.63) is 11.6 Å². The minimum Gasteiger partial charge on any atom is -0.290 e. The third-order valence-corrected chi connectivity index (χ3v) is 3.79. The smallest absolute Gasteiger partial charge is 0.270 e. The quantitative estimate of drug-likeness (QED) is 0.792. The minimum atomic E-state index is -3.04. The summed E-state index contributed by atoms with van der Waals surface area (Å²) in [7, 11) is 0. The zero-order chi connectivity index (χ0) is 13.8. The van der Waals surface area contributed by atoms with Gasteiger partial charge in [-0.25, -0.2) is 22.8 Å². The number of Topliss-reactive ketones (excluding diaryl/α,β-unsaturated/α-hetero) is 1. The number of nitrogens with zero attached hydrogens (tertiary/aromatic N) is 3. The molecule has 0 saturated heterocycles. The maximum Gasteiger partial charge on any atom is 0.270 e. The molecule has 0 amide bonds. The van der Waals surface area contributed by atoms with Gasteiger partial charge >= 0.3 is 0 Å². The predicted octanol–water partition coefficient (Wildman–Crippen LogP) is 2.87. The summed E-state index contributed by atoms with van der Waals surface area (Å²) in [5.41, 5.74) is 0. The molecule has 0 radical (unpaired) electrons. The third kappa shape index (κ3) is 1.95. The van der Waals surface area contributed by atoms with Gasteiger partial charge < -0.3 is 0 Å². The summed E-state index contributed by atoms with van der Waals surface area (Å²) < 4.78 is 42.2. The number of rotatable bonds is 4. The second-order valence-electron chi connectivity index (χ2n) is 5.21. The van der Waals surface area contributed by atoms with Gasteiger partial charge in [0.05, 0.1) is 0 Å². The van der Waals surface area contributed by atoms with Crippen LogP contribution in [0.3, 0.4) is 0 Å². The van der Waals surface area contributed by atoms with Gasteiger partial charge in [0, 0.05) is 18.8 Å². The van der Waals surface area contributed by atoms with Crippen LogP contribution in [0.2, 0.25) is 0 Å². The highest BCUT2D eigenvalue weighted by molar-refractivity contribution is 5.95. The number of hydrogen-bond acceptors (Lipinski definition) is 3. The lowest BCUT2D eigenvalue weighted by molar-refractivity contribution is -0.0584. The Kier molecular flexibility index (Phi) is 2.69. The maximum atomic E-state index is 13.8. The van der Waals surface area contributed by atoms with Crippen LogP contribution in [0.1, 0.15) is 61.3 Å². The number of carbonyl (C=O) groups excluding carboxylic acids is 1. The SMILES string of the molecule is CCC(F)(F)C1CC(F)c2nc(C(=O)C3CC3)nn21. The van der Waals surface area contributed by atoms with Gasteiger partial charge in [0.15, 0.2) is 12.0 Å². The summed E-state index contributed by atoms with van der Waals surface area (Å²) >= 11 is 0. The summed E-state index contributed by atoms with van der Waals surface area (Å²) in [6, 6.07) is -1.34. The first-order valence-corrected chi connectivity index (χ1v) is 6.46. The van der Waals surface area contributed by atoms with Crippen LogP contribution in [-0.4, -0.2) is 26.5 Å². The first-order chi connectivity index (χ1) is 8.94. The minimum absolute atomic E-state index is 0.105. The first-order valence-electron chi connectivity index (χ1n) is 6.46. The Morgan fingerprint density at radius 3 is 2.74 bits per heavy atom. The lowest BCUT2D eigenvalue weighted by atomic mass is 10.1. The largest absolute Gasteiger partial charge is 0.290 e. The summed E-state index contributed by atoms with van der Waals surface area (Å²) in [4.78, 5) is 15.6. The molecular weight excluding hydrogens is 259 g/mol. The Hall–Kier alpha value is -1.40. The Morgan fingerprint density at radius 2 is 2.16 bits per heavy atom. The molecule has 1 saturated carbocycles. The number of carbonyl (C=O) groups is 1. The number of ketones is 1. The predicted molar refractivity (Wildman–Crippen MR) is 59.8 cm³/mol. The fourth-order valence-electron chi connectivity index (χ4n) is 2.40. The van der Waals surface area contributed by atoms with Gasteiger partial charge in [-0.05, 0) is 12.8 Å². The van der Waals surface area contributed by atoms with Crippen LogP contribution in [-0.2, 0) is 0 Å². The lowest BCUT2D eigenvalue weighted by Gasteiger charge is -2.21. The van der Waals surface area contributed by atoms with E-state index in [0.717, 1.165) is 17.5 Å². The molecule has 4 nitrogen and oxygen atoms in total. The van der Waals surface area contributed by atoms with Crippen LogP contribution in [0, 0.1) is 5.92 Å². The van der Waals surface area contributed by atoms with Crippen LogP contribution in [0.15, 0.2) is 0 Å². The molecule has 0 bridgehead atoms. The Morgan fingerprint density at radius 1 is 1.47 bits per heavy atom. The zero-order valence-electron chi connectivity index (χ0n) is 10.4. The summed E-state index contributed by atoms with van der Waals surface area (Å²) in [5, 5.41) is 3.83. The molecule has 0 aromatic carbocycles. The molecule has 3 rings (SSSR count). The topological polar surface area (TPSA) is 47.8 Å². The third-order valence-electron chi connectivity index (χ3n) is 3.79. The van der Waals surface area contributed by atoms with E-state index < -0.39 is 24.6 Å². The van der Waals surface area contributed by atoms with E-state index in [-0.39, 0.29) is 29.8 Å². The van der Waals surface area contributed by atoms with E-state index in [1.165, 1.54) is 6.92 Å². The molecular formula is C12H14F3N3O. The summed E-state index contributed by atoms with van der Waals surface area (Å²) in [5.74, 6) is -3.65. The van der Waals surface area contributed by atoms with E-state index in [9.17, 15) is 18.0 Å². The Balaban J connectivity index is 1.95. The van der Waals surface area contributed by atoms with Gasteiger partial charge in [-0.15, -0.1) is 5.10 Å². The molecule has 1 aromatic heterocycles.